The van der Waals surface area contributed by atoms with Gasteiger partial charge in [0.05, 0.1) is 6.10 Å². The van der Waals surface area contributed by atoms with Crippen LogP contribution in [0.25, 0.3) is 0 Å². The predicted molar refractivity (Wildman–Crippen MR) is 89.7 cm³/mol. The Hall–Kier alpha value is -0.860. The van der Waals surface area contributed by atoms with Gasteiger partial charge in [-0.2, -0.15) is 0 Å². The molecular formula is C19H31NO. The van der Waals surface area contributed by atoms with E-state index in [0.29, 0.717) is 6.04 Å². The molecule has 0 radical (unpaired) electrons. The fourth-order valence-electron chi connectivity index (χ4n) is 4.17. The summed E-state index contributed by atoms with van der Waals surface area (Å²) < 4.78 is 0. The van der Waals surface area contributed by atoms with E-state index in [4.69, 9.17) is 0 Å². The first kappa shape index (κ1) is 16.5. The summed E-state index contributed by atoms with van der Waals surface area (Å²) >= 11 is 0. The van der Waals surface area contributed by atoms with Crippen LogP contribution in [0.4, 0.5) is 0 Å². The molecule has 0 amide bonds. The van der Waals surface area contributed by atoms with E-state index in [2.05, 4.69) is 51.8 Å². The fraction of sp³-hybridized carbons (Fsp3) is 0.684. The van der Waals surface area contributed by atoms with Crippen molar-refractivity contribution in [2.75, 3.05) is 13.6 Å². The normalized spacial score (nSPS) is 24.3. The monoisotopic (exact) mass is 289 g/mol. The number of rotatable bonds is 4. The lowest BCUT2D eigenvalue weighted by atomic mass is 9.84. The standard InChI is InChI=1S/C19H31NO/c1-13-10-15(3)19(16(4)11-13)18(21)12-20(5)17-9-7-6-8-14(17)2/h10-11,14,17-18,21H,6-9,12H2,1-5H3. The van der Waals surface area contributed by atoms with Gasteiger partial charge in [-0.3, -0.25) is 0 Å². The molecule has 0 saturated heterocycles. The minimum absolute atomic E-state index is 0.385. The Balaban J connectivity index is 2.09. The fourth-order valence-corrected chi connectivity index (χ4v) is 4.17. The second-order valence-corrected chi connectivity index (χ2v) is 7.10. The van der Waals surface area contributed by atoms with Crippen LogP contribution in [0.1, 0.15) is 61.0 Å². The van der Waals surface area contributed by atoms with Crippen LogP contribution in [-0.4, -0.2) is 29.6 Å². The largest absolute Gasteiger partial charge is 0.387 e. The minimum atomic E-state index is -0.385. The van der Waals surface area contributed by atoms with E-state index in [0.717, 1.165) is 18.0 Å². The molecule has 1 aromatic carbocycles. The third-order valence-corrected chi connectivity index (χ3v) is 5.16. The zero-order chi connectivity index (χ0) is 15.6. The molecule has 2 nitrogen and oxygen atoms in total. The Morgan fingerprint density at radius 3 is 2.29 bits per heavy atom. The first-order valence-electron chi connectivity index (χ1n) is 8.36. The Morgan fingerprint density at radius 2 is 1.71 bits per heavy atom. The van der Waals surface area contributed by atoms with E-state index in [1.54, 1.807) is 0 Å². The molecule has 3 atom stereocenters. The Labute approximate surface area is 130 Å². The molecule has 2 heteroatoms. The van der Waals surface area contributed by atoms with Gasteiger partial charge >= 0.3 is 0 Å². The Kier molecular flexibility index (Phi) is 5.45. The van der Waals surface area contributed by atoms with Crippen LogP contribution in [0.3, 0.4) is 0 Å². The summed E-state index contributed by atoms with van der Waals surface area (Å²) in [6.45, 7) is 9.43. The van der Waals surface area contributed by atoms with Crippen LogP contribution in [0, 0.1) is 26.7 Å². The summed E-state index contributed by atoms with van der Waals surface area (Å²) in [6, 6.07) is 4.98. The second kappa shape index (κ2) is 6.93. The number of nitrogens with zero attached hydrogens (tertiary/aromatic N) is 1. The molecule has 118 valence electrons. The lowest BCUT2D eigenvalue weighted by Gasteiger charge is -2.37. The molecule has 1 aliphatic rings. The van der Waals surface area contributed by atoms with Gasteiger partial charge in [0.15, 0.2) is 0 Å². The van der Waals surface area contributed by atoms with Gasteiger partial charge in [-0.05, 0) is 63.3 Å². The van der Waals surface area contributed by atoms with E-state index < -0.39 is 0 Å². The van der Waals surface area contributed by atoms with Crippen LogP contribution in [-0.2, 0) is 0 Å². The van der Waals surface area contributed by atoms with E-state index in [-0.39, 0.29) is 6.10 Å². The average Bonchev–Trinajstić information content (AvgIpc) is 2.37. The van der Waals surface area contributed by atoms with Gasteiger partial charge in [0.25, 0.3) is 0 Å². The van der Waals surface area contributed by atoms with E-state index in [9.17, 15) is 5.11 Å². The van der Waals surface area contributed by atoms with Gasteiger partial charge in [0, 0.05) is 12.6 Å². The molecule has 1 fully saturated rings. The van der Waals surface area contributed by atoms with Crippen molar-refractivity contribution in [2.24, 2.45) is 5.92 Å². The predicted octanol–water partition coefficient (Wildman–Crippen LogP) is 4.16. The number of benzene rings is 1. The molecule has 1 aliphatic carbocycles. The molecule has 1 saturated carbocycles. The summed E-state index contributed by atoms with van der Waals surface area (Å²) in [6.07, 6.45) is 4.91. The summed E-state index contributed by atoms with van der Waals surface area (Å²) in [7, 11) is 2.18. The van der Waals surface area contributed by atoms with Crippen molar-refractivity contribution >= 4 is 0 Å². The first-order chi connectivity index (χ1) is 9.90. The summed E-state index contributed by atoms with van der Waals surface area (Å²) in [5.74, 6) is 0.746. The number of hydrogen-bond donors (Lipinski definition) is 1. The van der Waals surface area contributed by atoms with Crippen LogP contribution < -0.4 is 0 Å². The van der Waals surface area contributed by atoms with Crippen molar-refractivity contribution in [2.45, 2.75) is 65.5 Å². The molecule has 0 spiro atoms. The van der Waals surface area contributed by atoms with E-state index in [1.807, 2.05) is 0 Å². The third-order valence-electron chi connectivity index (χ3n) is 5.16. The van der Waals surface area contributed by atoms with Gasteiger partial charge in [-0.25, -0.2) is 0 Å². The van der Waals surface area contributed by atoms with Crippen molar-refractivity contribution in [1.82, 2.24) is 4.90 Å². The lowest BCUT2D eigenvalue weighted by molar-refractivity contribution is 0.0704. The van der Waals surface area contributed by atoms with Crippen LogP contribution in [0.2, 0.25) is 0 Å². The molecule has 0 heterocycles. The van der Waals surface area contributed by atoms with Crippen molar-refractivity contribution in [1.29, 1.82) is 0 Å². The Morgan fingerprint density at radius 1 is 1.14 bits per heavy atom. The highest BCUT2D eigenvalue weighted by Crippen LogP contribution is 2.30. The molecular weight excluding hydrogens is 258 g/mol. The third kappa shape index (κ3) is 3.87. The zero-order valence-corrected chi connectivity index (χ0v) is 14.3. The average molecular weight is 289 g/mol. The molecule has 2 rings (SSSR count). The van der Waals surface area contributed by atoms with Crippen LogP contribution in [0.5, 0.6) is 0 Å². The van der Waals surface area contributed by atoms with Crippen molar-refractivity contribution < 1.29 is 5.11 Å². The van der Waals surface area contributed by atoms with Gasteiger partial charge in [-0.15, -0.1) is 0 Å². The van der Waals surface area contributed by atoms with Crippen molar-refractivity contribution in [3.05, 3.63) is 34.4 Å². The Bertz CT molecular complexity index is 459. The maximum absolute atomic E-state index is 10.7. The number of aliphatic hydroxyl groups is 1. The molecule has 0 aromatic heterocycles. The smallest absolute Gasteiger partial charge is 0.0922 e. The van der Waals surface area contributed by atoms with Gasteiger partial charge < -0.3 is 10.0 Å². The van der Waals surface area contributed by atoms with E-state index >= 15 is 0 Å². The highest BCUT2D eigenvalue weighted by atomic mass is 16.3. The topological polar surface area (TPSA) is 23.5 Å². The highest BCUT2D eigenvalue weighted by Gasteiger charge is 2.27. The maximum atomic E-state index is 10.7. The number of likely N-dealkylation sites (N-methyl/N-ethyl adjacent to an activating group) is 1. The molecule has 3 unspecified atom stereocenters. The quantitative estimate of drug-likeness (QED) is 0.900. The minimum Gasteiger partial charge on any atom is -0.387 e. The number of aryl methyl sites for hydroxylation is 3. The van der Waals surface area contributed by atoms with Crippen LogP contribution in [0.15, 0.2) is 12.1 Å². The van der Waals surface area contributed by atoms with Crippen LogP contribution >= 0.6 is 0 Å². The molecule has 0 bridgehead atoms. The lowest BCUT2D eigenvalue weighted by Crippen LogP contribution is -2.41. The maximum Gasteiger partial charge on any atom is 0.0922 e. The van der Waals surface area contributed by atoms with E-state index in [1.165, 1.54) is 42.4 Å². The molecule has 1 aromatic rings. The van der Waals surface area contributed by atoms with Gasteiger partial charge in [-0.1, -0.05) is 37.5 Å². The number of aliphatic hydroxyl groups excluding tert-OH is 1. The second-order valence-electron chi connectivity index (χ2n) is 7.10. The summed E-state index contributed by atoms with van der Waals surface area (Å²) in [4.78, 5) is 2.38. The highest BCUT2D eigenvalue weighted by molar-refractivity contribution is 5.39. The molecule has 21 heavy (non-hydrogen) atoms. The number of hydrogen-bond acceptors (Lipinski definition) is 2. The van der Waals surface area contributed by atoms with Crippen molar-refractivity contribution in [3.63, 3.8) is 0 Å². The zero-order valence-electron chi connectivity index (χ0n) is 14.3. The first-order valence-corrected chi connectivity index (χ1v) is 8.36. The van der Waals surface area contributed by atoms with Crippen molar-refractivity contribution in [3.8, 4) is 0 Å². The molecule has 0 aliphatic heterocycles. The molecule has 1 N–H and O–H groups in total. The van der Waals surface area contributed by atoms with Gasteiger partial charge in [0.2, 0.25) is 0 Å². The van der Waals surface area contributed by atoms with Gasteiger partial charge in [0.1, 0.15) is 0 Å². The summed E-state index contributed by atoms with van der Waals surface area (Å²) in [5.41, 5.74) is 4.82. The summed E-state index contributed by atoms with van der Waals surface area (Å²) in [5, 5.41) is 10.7. The SMILES string of the molecule is Cc1cc(C)c(C(O)CN(C)C2CCCCC2C)c(C)c1.